The van der Waals surface area contributed by atoms with Gasteiger partial charge in [0, 0.05) is 6.04 Å². The molecule has 0 saturated carbocycles. The quantitative estimate of drug-likeness (QED) is 0.417. The van der Waals surface area contributed by atoms with Gasteiger partial charge in [0.2, 0.25) is 0 Å². The molecule has 0 aromatic rings. The van der Waals surface area contributed by atoms with Crippen LogP contribution in [0.1, 0.15) is 86.0 Å². The number of hydrogen-bond donors (Lipinski definition) is 0. The maximum absolute atomic E-state index is 2.76. The summed E-state index contributed by atoms with van der Waals surface area (Å²) >= 11 is 0. The van der Waals surface area contributed by atoms with Crippen molar-refractivity contribution in [2.24, 2.45) is 5.92 Å². The van der Waals surface area contributed by atoms with E-state index in [9.17, 15) is 0 Å². The summed E-state index contributed by atoms with van der Waals surface area (Å²) in [6, 6.07) is 0.829. The van der Waals surface area contributed by atoms with E-state index in [1.165, 1.54) is 64.5 Å². The van der Waals surface area contributed by atoms with Gasteiger partial charge in [-0.15, -0.1) is 0 Å². The Balaban J connectivity index is 4.14. The molecular weight excluding hydrogens is 218 g/mol. The summed E-state index contributed by atoms with van der Waals surface area (Å²) in [6.45, 7) is 14.3. The summed E-state index contributed by atoms with van der Waals surface area (Å²) in [7, 11) is 0. The van der Waals surface area contributed by atoms with Crippen molar-refractivity contribution >= 4 is 0 Å². The van der Waals surface area contributed by atoms with E-state index in [1.807, 2.05) is 0 Å². The average molecular weight is 255 g/mol. The highest BCUT2D eigenvalue weighted by Crippen LogP contribution is 2.18. The maximum Gasteiger partial charge on any atom is 0.00927 e. The van der Waals surface area contributed by atoms with Crippen LogP contribution in [0.25, 0.3) is 0 Å². The Bertz CT molecular complexity index is 167. The van der Waals surface area contributed by atoms with Gasteiger partial charge in [0.05, 0.1) is 0 Å². The van der Waals surface area contributed by atoms with Crippen LogP contribution < -0.4 is 0 Å². The van der Waals surface area contributed by atoms with Crippen molar-refractivity contribution in [1.82, 2.24) is 4.90 Å². The average Bonchev–Trinajstić information content (AvgIpc) is 2.39. The van der Waals surface area contributed by atoms with Crippen LogP contribution in [0.5, 0.6) is 0 Å². The SMILES string of the molecule is CCCCCN(CCC)C(CC)CC[C@H](C)CC. The molecule has 0 aromatic heterocycles. The Kier molecular flexibility index (Phi) is 12.0. The number of unbranched alkanes of at least 4 members (excludes halogenated alkanes) is 2. The van der Waals surface area contributed by atoms with Gasteiger partial charge < -0.3 is 4.90 Å². The molecule has 0 aromatic carbocycles. The Hall–Kier alpha value is -0.0400. The zero-order valence-corrected chi connectivity index (χ0v) is 13.7. The number of rotatable bonds is 12. The molecule has 0 spiro atoms. The molecule has 0 bridgehead atoms. The van der Waals surface area contributed by atoms with Crippen LogP contribution in [-0.4, -0.2) is 24.0 Å². The zero-order chi connectivity index (χ0) is 13.8. The van der Waals surface area contributed by atoms with Crippen molar-refractivity contribution in [1.29, 1.82) is 0 Å². The molecule has 0 aliphatic heterocycles. The topological polar surface area (TPSA) is 3.24 Å². The first kappa shape index (κ1) is 18.0. The highest BCUT2D eigenvalue weighted by atomic mass is 15.1. The van der Waals surface area contributed by atoms with E-state index in [1.54, 1.807) is 0 Å². The highest BCUT2D eigenvalue weighted by Gasteiger charge is 2.16. The Morgan fingerprint density at radius 1 is 0.778 bits per heavy atom. The fraction of sp³-hybridized carbons (Fsp3) is 1.00. The molecule has 0 amide bonds. The highest BCUT2D eigenvalue weighted by molar-refractivity contribution is 4.71. The third-order valence-electron chi connectivity index (χ3n) is 4.24. The van der Waals surface area contributed by atoms with Crippen molar-refractivity contribution < 1.29 is 0 Å². The second-order valence-corrected chi connectivity index (χ2v) is 5.90. The third kappa shape index (κ3) is 8.13. The number of hydrogen-bond acceptors (Lipinski definition) is 1. The molecule has 0 saturated heterocycles. The standard InChI is InChI=1S/C17H37N/c1-6-10-11-15-18(14-7-2)17(9-4)13-12-16(5)8-3/h16-17H,6-15H2,1-5H3/t16-,17?/m1/s1. The van der Waals surface area contributed by atoms with Crippen molar-refractivity contribution in [3.8, 4) is 0 Å². The summed E-state index contributed by atoms with van der Waals surface area (Å²) in [6.07, 6.45) is 10.9. The third-order valence-corrected chi connectivity index (χ3v) is 4.24. The second kappa shape index (κ2) is 12.0. The van der Waals surface area contributed by atoms with Crippen LogP contribution in [-0.2, 0) is 0 Å². The van der Waals surface area contributed by atoms with Gasteiger partial charge in [-0.1, -0.05) is 53.9 Å². The summed E-state index contributed by atoms with van der Waals surface area (Å²) in [4.78, 5) is 2.76. The first-order valence-electron chi connectivity index (χ1n) is 8.43. The minimum absolute atomic E-state index is 0.829. The molecular formula is C17H37N. The molecule has 1 heteroatoms. The molecule has 0 radical (unpaired) electrons. The lowest BCUT2D eigenvalue weighted by molar-refractivity contribution is 0.170. The largest absolute Gasteiger partial charge is 0.300 e. The van der Waals surface area contributed by atoms with Crippen molar-refractivity contribution in [3.05, 3.63) is 0 Å². The van der Waals surface area contributed by atoms with E-state index in [0.29, 0.717) is 0 Å². The zero-order valence-electron chi connectivity index (χ0n) is 13.7. The smallest absolute Gasteiger partial charge is 0.00927 e. The van der Waals surface area contributed by atoms with Crippen molar-refractivity contribution in [2.45, 2.75) is 92.0 Å². The van der Waals surface area contributed by atoms with Gasteiger partial charge in [-0.3, -0.25) is 0 Å². The lowest BCUT2D eigenvalue weighted by Crippen LogP contribution is -2.36. The summed E-state index contributed by atoms with van der Waals surface area (Å²) < 4.78 is 0. The van der Waals surface area contributed by atoms with Crippen LogP contribution in [0.3, 0.4) is 0 Å². The molecule has 18 heavy (non-hydrogen) atoms. The first-order valence-corrected chi connectivity index (χ1v) is 8.43. The molecule has 0 heterocycles. The van der Waals surface area contributed by atoms with Crippen LogP contribution >= 0.6 is 0 Å². The molecule has 2 atom stereocenters. The molecule has 1 unspecified atom stereocenters. The van der Waals surface area contributed by atoms with Crippen LogP contribution in [0, 0.1) is 5.92 Å². The normalized spacial score (nSPS) is 15.0. The molecule has 0 rings (SSSR count). The Morgan fingerprint density at radius 3 is 2.00 bits per heavy atom. The van der Waals surface area contributed by atoms with E-state index in [2.05, 4.69) is 39.5 Å². The van der Waals surface area contributed by atoms with E-state index >= 15 is 0 Å². The lowest BCUT2D eigenvalue weighted by atomic mass is 9.97. The lowest BCUT2D eigenvalue weighted by Gasteiger charge is -2.31. The van der Waals surface area contributed by atoms with Crippen molar-refractivity contribution in [2.75, 3.05) is 13.1 Å². The van der Waals surface area contributed by atoms with Crippen LogP contribution in [0.15, 0.2) is 0 Å². The van der Waals surface area contributed by atoms with Crippen molar-refractivity contribution in [3.63, 3.8) is 0 Å². The summed E-state index contributed by atoms with van der Waals surface area (Å²) in [5.41, 5.74) is 0. The molecule has 0 aliphatic rings. The predicted molar refractivity (Wildman–Crippen MR) is 84.2 cm³/mol. The van der Waals surface area contributed by atoms with Crippen LogP contribution in [0.4, 0.5) is 0 Å². The predicted octanol–water partition coefficient (Wildman–Crippen LogP) is 5.49. The van der Waals surface area contributed by atoms with E-state index in [0.717, 1.165) is 12.0 Å². The van der Waals surface area contributed by atoms with Crippen LogP contribution in [0.2, 0.25) is 0 Å². The van der Waals surface area contributed by atoms with Gasteiger partial charge in [-0.25, -0.2) is 0 Å². The molecule has 0 aliphatic carbocycles. The van der Waals surface area contributed by atoms with Gasteiger partial charge >= 0.3 is 0 Å². The maximum atomic E-state index is 2.76. The fourth-order valence-corrected chi connectivity index (χ4v) is 2.65. The van der Waals surface area contributed by atoms with Gasteiger partial charge in [0.25, 0.3) is 0 Å². The van der Waals surface area contributed by atoms with Gasteiger partial charge in [-0.05, 0) is 51.1 Å². The molecule has 0 fully saturated rings. The van der Waals surface area contributed by atoms with E-state index in [-0.39, 0.29) is 0 Å². The van der Waals surface area contributed by atoms with E-state index < -0.39 is 0 Å². The Morgan fingerprint density at radius 2 is 1.50 bits per heavy atom. The first-order chi connectivity index (χ1) is 8.69. The second-order valence-electron chi connectivity index (χ2n) is 5.90. The number of nitrogens with zero attached hydrogens (tertiary/aromatic N) is 1. The summed E-state index contributed by atoms with van der Waals surface area (Å²) in [5.74, 6) is 0.901. The monoisotopic (exact) mass is 255 g/mol. The minimum atomic E-state index is 0.829. The minimum Gasteiger partial charge on any atom is -0.300 e. The van der Waals surface area contributed by atoms with Gasteiger partial charge in [0.1, 0.15) is 0 Å². The van der Waals surface area contributed by atoms with E-state index in [4.69, 9.17) is 0 Å². The van der Waals surface area contributed by atoms with Gasteiger partial charge in [0.15, 0.2) is 0 Å². The molecule has 0 N–H and O–H groups in total. The Labute approximate surface area is 116 Å². The van der Waals surface area contributed by atoms with Gasteiger partial charge in [-0.2, -0.15) is 0 Å². The molecule has 110 valence electrons. The molecule has 1 nitrogen and oxygen atoms in total. The summed E-state index contributed by atoms with van der Waals surface area (Å²) in [5, 5.41) is 0. The fourth-order valence-electron chi connectivity index (χ4n) is 2.65.